The van der Waals surface area contributed by atoms with Gasteiger partial charge in [0.1, 0.15) is 6.10 Å². The fourth-order valence-electron chi connectivity index (χ4n) is 13.1. The molecule has 11 atom stereocenters. The molecule has 11 aliphatic rings. The van der Waals surface area contributed by atoms with E-state index in [2.05, 4.69) is 20.1 Å². The Kier molecular flexibility index (Phi) is 4.09. The molecule has 0 aromatic heterocycles. The van der Waals surface area contributed by atoms with Gasteiger partial charge in [0.15, 0.2) is 0 Å². The molecule has 10 unspecified atom stereocenters. The van der Waals surface area contributed by atoms with Crippen LogP contribution >= 0.6 is 0 Å². The molecular formula is C31H44O3. The minimum Gasteiger partial charge on any atom is -0.377 e. The summed E-state index contributed by atoms with van der Waals surface area (Å²) in [6, 6.07) is 0. The summed E-state index contributed by atoms with van der Waals surface area (Å²) in [4.78, 5) is 0. The highest BCUT2D eigenvalue weighted by Crippen LogP contribution is 2.80. The highest BCUT2D eigenvalue weighted by atomic mass is 16.6. The van der Waals surface area contributed by atoms with Crippen LogP contribution in [0.5, 0.6) is 0 Å². The zero-order valence-corrected chi connectivity index (χ0v) is 21.3. The van der Waals surface area contributed by atoms with Crippen LogP contribution in [-0.4, -0.2) is 38.6 Å². The quantitative estimate of drug-likeness (QED) is 0.363. The first-order valence-corrected chi connectivity index (χ1v) is 15.0. The SMILES string of the molecule is COC1C(C23CC4CC(CC(C4)C2)C3)=CC(OCC2CO2)C(C)C1C12CC3CC(C1)[C@@H]1C(C2)C31. The maximum absolute atomic E-state index is 6.75. The molecule has 0 N–H and O–H groups in total. The summed E-state index contributed by atoms with van der Waals surface area (Å²) in [5, 5.41) is 0. The van der Waals surface area contributed by atoms with E-state index in [0.29, 0.717) is 34.9 Å². The van der Waals surface area contributed by atoms with E-state index in [-0.39, 0.29) is 6.10 Å². The van der Waals surface area contributed by atoms with Crippen LogP contribution in [0.2, 0.25) is 0 Å². The third kappa shape index (κ3) is 2.66. The van der Waals surface area contributed by atoms with Gasteiger partial charge in [-0.05, 0) is 140 Å². The minimum absolute atomic E-state index is 0.254. The number of ether oxygens (including phenoxy) is 3. The summed E-state index contributed by atoms with van der Waals surface area (Å²) in [6.45, 7) is 4.22. The van der Waals surface area contributed by atoms with Crippen LogP contribution in [0, 0.1) is 70.0 Å². The Labute approximate surface area is 205 Å². The maximum Gasteiger partial charge on any atom is 0.104 e. The molecule has 3 nitrogen and oxygen atoms in total. The van der Waals surface area contributed by atoms with Crippen LogP contribution in [0.3, 0.4) is 0 Å². The molecule has 3 heteroatoms. The fourth-order valence-corrected chi connectivity index (χ4v) is 13.1. The van der Waals surface area contributed by atoms with E-state index in [9.17, 15) is 0 Å². The van der Waals surface area contributed by atoms with Crippen LogP contribution in [0.4, 0.5) is 0 Å². The van der Waals surface area contributed by atoms with Crippen molar-refractivity contribution in [1.82, 2.24) is 0 Å². The second-order valence-corrected chi connectivity index (χ2v) is 15.2. The Balaban J connectivity index is 1.13. The van der Waals surface area contributed by atoms with Gasteiger partial charge in [0.05, 0.1) is 25.4 Å². The molecule has 0 spiro atoms. The summed E-state index contributed by atoms with van der Waals surface area (Å²) >= 11 is 0. The van der Waals surface area contributed by atoms with Crippen molar-refractivity contribution < 1.29 is 14.2 Å². The average molecular weight is 465 g/mol. The number of hydrogen-bond donors (Lipinski definition) is 0. The highest BCUT2D eigenvalue weighted by molar-refractivity contribution is 5.33. The lowest BCUT2D eigenvalue weighted by atomic mass is 9.44. The molecule has 0 aromatic rings. The van der Waals surface area contributed by atoms with E-state index in [1.54, 1.807) is 12.0 Å². The molecule has 10 aliphatic carbocycles. The fraction of sp³-hybridized carbons (Fsp3) is 0.935. The molecule has 1 aliphatic heterocycles. The van der Waals surface area contributed by atoms with E-state index in [1.165, 1.54) is 57.8 Å². The Morgan fingerprint density at radius 3 is 2.12 bits per heavy atom. The molecule has 1 saturated heterocycles. The Bertz CT molecular complexity index is 864. The van der Waals surface area contributed by atoms with Crippen LogP contribution < -0.4 is 0 Å². The monoisotopic (exact) mass is 464 g/mol. The standard InChI is InChI=1S/C31H44O3/c1-16-25(34-15-22-14-33-22)7-24(30-8-17-3-18(9-30)5-19(4-17)10-30)29(32-2)28(16)31-11-20-6-21(12-31)27-23(13-31)26(20)27/h7,16-23,25-29H,3-6,8-15H2,1-2H3/t16?,17?,18?,19?,20?,21?,22?,23?,25?,26-,27?,28?,29?,30?,31?/m1/s1. The molecule has 9 saturated carbocycles. The molecular weight excluding hydrogens is 420 g/mol. The molecule has 8 bridgehead atoms. The summed E-state index contributed by atoms with van der Waals surface area (Å²) in [5.41, 5.74) is 2.66. The normalized spacial score (nSPS) is 63.8. The largest absolute Gasteiger partial charge is 0.377 e. The third-order valence-electron chi connectivity index (χ3n) is 13.5. The van der Waals surface area contributed by atoms with Crippen LogP contribution in [0.1, 0.15) is 71.1 Å². The lowest BCUT2D eigenvalue weighted by molar-refractivity contribution is -0.136. The first-order valence-electron chi connectivity index (χ1n) is 15.0. The third-order valence-corrected chi connectivity index (χ3v) is 13.5. The van der Waals surface area contributed by atoms with Gasteiger partial charge >= 0.3 is 0 Å². The average Bonchev–Trinajstić information content (AvgIpc) is 3.71. The Hall–Kier alpha value is -0.380. The predicted octanol–water partition coefficient (Wildman–Crippen LogP) is 5.88. The molecule has 34 heavy (non-hydrogen) atoms. The predicted molar refractivity (Wildman–Crippen MR) is 130 cm³/mol. The van der Waals surface area contributed by atoms with E-state index < -0.39 is 0 Å². The van der Waals surface area contributed by atoms with Crippen molar-refractivity contribution in [2.24, 2.45) is 70.0 Å². The number of rotatable bonds is 6. The van der Waals surface area contributed by atoms with Crippen molar-refractivity contribution in [2.45, 2.75) is 89.4 Å². The molecule has 11 rings (SSSR count). The summed E-state index contributed by atoms with van der Waals surface area (Å²) in [5.74, 6) is 9.52. The van der Waals surface area contributed by atoms with E-state index in [4.69, 9.17) is 14.2 Å². The summed E-state index contributed by atoms with van der Waals surface area (Å²) in [6.07, 6.45) is 18.5. The maximum atomic E-state index is 6.75. The van der Waals surface area contributed by atoms with Crippen molar-refractivity contribution in [3.63, 3.8) is 0 Å². The smallest absolute Gasteiger partial charge is 0.104 e. The van der Waals surface area contributed by atoms with Crippen molar-refractivity contribution in [3.8, 4) is 0 Å². The van der Waals surface area contributed by atoms with Gasteiger partial charge in [-0.1, -0.05) is 13.0 Å². The number of hydrogen-bond acceptors (Lipinski definition) is 3. The molecule has 186 valence electrons. The first-order chi connectivity index (χ1) is 16.6. The number of epoxide rings is 1. The van der Waals surface area contributed by atoms with Gasteiger partial charge in [0.2, 0.25) is 0 Å². The molecule has 0 amide bonds. The van der Waals surface area contributed by atoms with Gasteiger partial charge in [-0.25, -0.2) is 0 Å². The molecule has 1 heterocycles. The Morgan fingerprint density at radius 2 is 1.56 bits per heavy atom. The lowest BCUT2D eigenvalue weighted by Gasteiger charge is -2.62. The Morgan fingerprint density at radius 1 is 0.912 bits per heavy atom. The topological polar surface area (TPSA) is 31.0 Å². The van der Waals surface area contributed by atoms with Crippen molar-refractivity contribution in [3.05, 3.63) is 11.6 Å². The molecule has 10 fully saturated rings. The van der Waals surface area contributed by atoms with Gasteiger partial charge in [-0.2, -0.15) is 0 Å². The van der Waals surface area contributed by atoms with Crippen molar-refractivity contribution in [1.29, 1.82) is 0 Å². The molecule has 0 aromatic carbocycles. The summed E-state index contributed by atoms with van der Waals surface area (Å²) < 4.78 is 19.0. The van der Waals surface area contributed by atoms with E-state index >= 15 is 0 Å². The van der Waals surface area contributed by atoms with Crippen LogP contribution in [0.25, 0.3) is 0 Å². The second-order valence-electron chi connectivity index (χ2n) is 15.2. The van der Waals surface area contributed by atoms with Gasteiger partial charge in [-0.15, -0.1) is 0 Å². The minimum atomic E-state index is 0.254. The van der Waals surface area contributed by atoms with Gasteiger partial charge in [-0.3, -0.25) is 0 Å². The van der Waals surface area contributed by atoms with Crippen LogP contribution in [0.15, 0.2) is 11.6 Å². The highest BCUT2D eigenvalue weighted by Gasteiger charge is 2.74. The van der Waals surface area contributed by atoms with E-state index in [0.717, 1.165) is 60.6 Å². The first kappa shape index (κ1) is 20.7. The van der Waals surface area contributed by atoms with Crippen molar-refractivity contribution >= 4 is 0 Å². The zero-order valence-electron chi connectivity index (χ0n) is 21.3. The lowest BCUT2D eigenvalue weighted by Crippen LogP contribution is -2.58. The van der Waals surface area contributed by atoms with Crippen LogP contribution in [-0.2, 0) is 14.2 Å². The van der Waals surface area contributed by atoms with E-state index in [1.807, 2.05) is 0 Å². The van der Waals surface area contributed by atoms with Gasteiger partial charge < -0.3 is 14.2 Å². The zero-order chi connectivity index (χ0) is 22.4. The molecule has 0 radical (unpaired) electrons. The summed E-state index contributed by atoms with van der Waals surface area (Å²) in [7, 11) is 2.06. The number of methoxy groups -OCH3 is 1. The van der Waals surface area contributed by atoms with Gasteiger partial charge in [0, 0.05) is 7.11 Å². The second kappa shape index (κ2) is 6.73. The van der Waals surface area contributed by atoms with Crippen molar-refractivity contribution in [2.75, 3.05) is 20.3 Å². The van der Waals surface area contributed by atoms with Gasteiger partial charge in [0.25, 0.3) is 0 Å².